The van der Waals surface area contributed by atoms with Crippen LogP contribution < -0.4 is 10.6 Å². The molecule has 1 heterocycles. The summed E-state index contributed by atoms with van der Waals surface area (Å²) in [5, 5.41) is 14.5. The van der Waals surface area contributed by atoms with Crippen molar-refractivity contribution in [1.82, 2.24) is 25.4 Å². The molecule has 0 saturated heterocycles. The van der Waals surface area contributed by atoms with E-state index in [1.54, 1.807) is 24.8 Å². The number of halogens is 3. The van der Waals surface area contributed by atoms with Crippen LogP contribution in [0.4, 0.5) is 13.2 Å². The van der Waals surface area contributed by atoms with E-state index in [0.717, 1.165) is 30.1 Å². The molecule has 2 rings (SSSR count). The molecule has 29 heavy (non-hydrogen) atoms. The molecule has 0 saturated carbocycles. The zero-order chi connectivity index (χ0) is 21.4. The van der Waals surface area contributed by atoms with Gasteiger partial charge in [0.2, 0.25) is 0 Å². The summed E-state index contributed by atoms with van der Waals surface area (Å²) >= 11 is 1.75. The zero-order valence-electron chi connectivity index (χ0n) is 17.0. The van der Waals surface area contributed by atoms with E-state index in [0.29, 0.717) is 30.4 Å². The van der Waals surface area contributed by atoms with Crippen molar-refractivity contribution in [3.8, 4) is 0 Å². The lowest BCUT2D eigenvalue weighted by atomic mass is 10.1. The first-order valence-corrected chi connectivity index (χ1v) is 10.7. The quantitative estimate of drug-likeness (QED) is 0.381. The van der Waals surface area contributed by atoms with Crippen molar-refractivity contribution in [3.63, 3.8) is 0 Å². The summed E-state index contributed by atoms with van der Waals surface area (Å²) in [6, 6.07) is 4.97. The van der Waals surface area contributed by atoms with Crippen LogP contribution in [0.15, 0.2) is 29.3 Å². The number of hydrogen-bond donors (Lipinski definition) is 2. The van der Waals surface area contributed by atoms with Crippen LogP contribution in [0.3, 0.4) is 0 Å². The van der Waals surface area contributed by atoms with Crippen LogP contribution in [0, 0.1) is 6.92 Å². The lowest BCUT2D eigenvalue weighted by Crippen LogP contribution is -2.39. The van der Waals surface area contributed by atoms with Crippen molar-refractivity contribution in [2.75, 3.05) is 18.6 Å². The molecule has 1 unspecified atom stereocenters. The van der Waals surface area contributed by atoms with Crippen LogP contribution in [0.5, 0.6) is 0 Å². The Balaban J connectivity index is 2.13. The average Bonchev–Trinajstić information content (AvgIpc) is 3.00. The first-order chi connectivity index (χ1) is 13.7. The Hall–Kier alpha value is -2.23. The molecular formula is C19H27F3N6S. The predicted octanol–water partition coefficient (Wildman–Crippen LogP) is 3.69. The van der Waals surface area contributed by atoms with Gasteiger partial charge in [-0.25, -0.2) is 4.99 Å². The third-order valence-corrected chi connectivity index (χ3v) is 5.14. The minimum Gasteiger partial charge on any atom is -0.356 e. The van der Waals surface area contributed by atoms with Crippen molar-refractivity contribution in [3.05, 3.63) is 47.0 Å². The minimum atomic E-state index is -4.37. The number of hydrogen-bond acceptors (Lipinski definition) is 4. The van der Waals surface area contributed by atoms with Crippen molar-refractivity contribution in [2.24, 2.45) is 12.0 Å². The van der Waals surface area contributed by atoms with Crippen molar-refractivity contribution in [1.29, 1.82) is 0 Å². The summed E-state index contributed by atoms with van der Waals surface area (Å²) in [5.74, 6) is 3.03. The van der Waals surface area contributed by atoms with Gasteiger partial charge in [0.25, 0.3) is 0 Å². The molecule has 6 nitrogen and oxygen atoms in total. The molecular weight excluding hydrogens is 401 g/mol. The molecule has 0 radical (unpaired) electrons. The lowest BCUT2D eigenvalue weighted by molar-refractivity contribution is -0.137. The maximum Gasteiger partial charge on any atom is 0.416 e. The van der Waals surface area contributed by atoms with E-state index in [1.807, 2.05) is 24.8 Å². The van der Waals surface area contributed by atoms with Gasteiger partial charge in [-0.2, -0.15) is 24.9 Å². The fraction of sp³-hybridized carbons (Fsp3) is 0.526. The summed E-state index contributed by atoms with van der Waals surface area (Å²) in [7, 11) is 1.87. The van der Waals surface area contributed by atoms with Crippen LogP contribution in [0.2, 0.25) is 0 Å². The highest BCUT2D eigenvalue weighted by molar-refractivity contribution is 7.98. The number of aryl methyl sites for hydroxylation is 1. The second kappa shape index (κ2) is 10.5. The fourth-order valence-corrected chi connectivity index (χ4v) is 3.02. The van der Waals surface area contributed by atoms with E-state index in [4.69, 9.17) is 0 Å². The Morgan fingerprint density at radius 1 is 1.31 bits per heavy atom. The maximum absolute atomic E-state index is 13.0. The molecule has 1 atom stereocenters. The Bertz CT molecular complexity index is 819. The highest BCUT2D eigenvalue weighted by Crippen LogP contribution is 2.30. The van der Waals surface area contributed by atoms with Crippen molar-refractivity contribution < 1.29 is 13.2 Å². The van der Waals surface area contributed by atoms with Crippen LogP contribution in [-0.4, -0.2) is 39.3 Å². The van der Waals surface area contributed by atoms with Gasteiger partial charge in [-0.15, -0.1) is 10.2 Å². The summed E-state index contributed by atoms with van der Waals surface area (Å²) < 4.78 is 40.9. The molecule has 0 spiro atoms. The predicted molar refractivity (Wildman–Crippen MR) is 111 cm³/mol. The number of alkyl halides is 3. The smallest absolute Gasteiger partial charge is 0.356 e. The normalized spacial score (nSPS) is 13.4. The van der Waals surface area contributed by atoms with Gasteiger partial charge in [0.05, 0.1) is 11.6 Å². The number of nitrogens with one attached hydrogen (secondary N) is 2. The highest BCUT2D eigenvalue weighted by atomic mass is 32.2. The molecule has 0 aliphatic heterocycles. The molecule has 10 heteroatoms. The number of aliphatic imine (C=N–C) groups is 1. The second-order valence-corrected chi connectivity index (χ2v) is 7.64. The molecule has 0 bridgehead atoms. The third kappa shape index (κ3) is 6.95. The second-order valence-electron chi connectivity index (χ2n) is 6.65. The first kappa shape index (κ1) is 23.1. The number of benzene rings is 1. The summed E-state index contributed by atoms with van der Waals surface area (Å²) in [4.78, 5) is 4.54. The van der Waals surface area contributed by atoms with Gasteiger partial charge in [-0.3, -0.25) is 0 Å². The molecule has 160 valence electrons. The summed E-state index contributed by atoms with van der Waals surface area (Å²) in [5.41, 5.74) is -0.127. The van der Waals surface area contributed by atoms with Crippen molar-refractivity contribution in [2.45, 2.75) is 39.0 Å². The molecule has 0 fully saturated rings. The van der Waals surface area contributed by atoms with Gasteiger partial charge >= 0.3 is 6.18 Å². The monoisotopic (exact) mass is 428 g/mol. The number of rotatable bonds is 8. The summed E-state index contributed by atoms with van der Waals surface area (Å²) in [6.07, 6.45) is -1.38. The molecule has 0 aliphatic carbocycles. The zero-order valence-corrected chi connectivity index (χ0v) is 17.9. The Kier molecular flexibility index (Phi) is 8.36. The van der Waals surface area contributed by atoms with E-state index in [9.17, 15) is 13.2 Å². The SMILES string of the molecule is CSCCCNC(=NCc1nnc(C)n1C)NC(C)c1cccc(C(F)(F)F)c1. The number of nitrogens with zero attached hydrogens (tertiary/aromatic N) is 4. The van der Waals surface area contributed by atoms with Crippen LogP contribution in [-0.2, 0) is 19.8 Å². The largest absolute Gasteiger partial charge is 0.416 e. The highest BCUT2D eigenvalue weighted by Gasteiger charge is 2.30. The molecule has 0 aliphatic rings. The Morgan fingerprint density at radius 3 is 2.69 bits per heavy atom. The fourth-order valence-electron chi connectivity index (χ4n) is 2.59. The number of aromatic nitrogens is 3. The van der Waals surface area contributed by atoms with Crippen molar-refractivity contribution >= 4 is 17.7 Å². The van der Waals surface area contributed by atoms with Gasteiger partial charge in [-0.05, 0) is 50.0 Å². The lowest BCUT2D eigenvalue weighted by Gasteiger charge is -2.20. The Labute approximate surface area is 173 Å². The molecule has 1 aromatic heterocycles. The van der Waals surface area contributed by atoms with E-state index >= 15 is 0 Å². The molecule has 2 aromatic rings. The van der Waals surface area contributed by atoms with Crippen LogP contribution >= 0.6 is 11.8 Å². The standard InChI is InChI=1S/C19H27F3N6S/c1-13(15-7-5-8-16(11-15)19(20,21)22)25-18(23-9-6-10-29-4)24-12-17-27-26-14(2)28(17)3/h5,7-8,11,13H,6,9-10,12H2,1-4H3,(H2,23,24,25). The maximum atomic E-state index is 13.0. The minimum absolute atomic E-state index is 0.310. The molecule has 1 aromatic carbocycles. The summed E-state index contributed by atoms with van der Waals surface area (Å²) in [6.45, 7) is 4.68. The first-order valence-electron chi connectivity index (χ1n) is 9.28. The van der Waals surface area contributed by atoms with Gasteiger partial charge < -0.3 is 15.2 Å². The van der Waals surface area contributed by atoms with E-state index in [-0.39, 0.29) is 6.04 Å². The van der Waals surface area contributed by atoms with Crippen LogP contribution in [0.1, 0.15) is 42.2 Å². The van der Waals surface area contributed by atoms with E-state index < -0.39 is 11.7 Å². The van der Waals surface area contributed by atoms with Gasteiger partial charge in [0.1, 0.15) is 12.4 Å². The third-order valence-electron chi connectivity index (χ3n) is 4.45. The van der Waals surface area contributed by atoms with Gasteiger partial charge in [0.15, 0.2) is 11.8 Å². The van der Waals surface area contributed by atoms with Gasteiger partial charge in [0, 0.05) is 13.6 Å². The molecule has 0 amide bonds. The van der Waals surface area contributed by atoms with Gasteiger partial charge in [-0.1, -0.05) is 12.1 Å². The topological polar surface area (TPSA) is 67.1 Å². The van der Waals surface area contributed by atoms with E-state index in [1.165, 1.54) is 6.07 Å². The van der Waals surface area contributed by atoms with E-state index in [2.05, 4.69) is 25.8 Å². The van der Waals surface area contributed by atoms with Crippen LogP contribution in [0.25, 0.3) is 0 Å². The number of thioether (sulfide) groups is 1. The Morgan fingerprint density at radius 2 is 2.07 bits per heavy atom. The molecule has 2 N–H and O–H groups in total. The average molecular weight is 429 g/mol. The number of guanidine groups is 1.